The Balaban J connectivity index is 1.95. The van der Waals surface area contributed by atoms with Gasteiger partial charge in [0.15, 0.2) is 0 Å². The molecule has 0 spiro atoms. The zero-order chi connectivity index (χ0) is 13.9. The Morgan fingerprint density at radius 1 is 1.47 bits per heavy atom. The second-order valence-electron chi connectivity index (χ2n) is 5.51. The van der Waals surface area contributed by atoms with Crippen molar-refractivity contribution in [3.8, 4) is 0 Å². The highest BCUT2D eigenvalue weighted by Gasteiger charge is 2.31. The van der Waals surface area contributed by atoms with Crippen molar-refractivity contribution in [1.29, 1.82) is 0 Å². The van der Waals surface area contributed by atoms with Crippen LogP contribution >= 0.6 is 0 Å². The van der Waals surface area contributed by atoms with E-state index >= 15 is 0 Å². The predicted octanol–water partition coefficient (Wildman–Crippen LogP) is 2.01. The highest BCUT2D eigenvalue weighted by Crippen LogP contribution is 2.31. The summed E-state index contributed by atoms with van der Waals surface area (Å²) in [4.78, 5) is 12.0. The van der Waals surface area contributed by atoms with Crippen molar-refractivity contribution < 1.29 is 9.90 Å². The van der Waals surface area contributed by atoms with Crippen LogP contribution in [0.15, 0.2) is 6.07 Å². The van der Waals surface area contributed by atoms with Gasteiger partial charge in [-0.2, -0.15) is 5.10 Å². The fourth-order valence-corrected chi connectivity index (χ4v) is 2.69. The maximum atomic E-state index is 12.0. The molecule has 1 aromatic rings. The van der Waals surface area contributed by atoms with Crippen LogP contribution in [0.2, 0.25) is 0 Å². The van der Waals surface area contributed by atoms with Gasteiger partial charge in [0.25, 0.3) is 0 Å². The van der Waals surface area contributed by atoms with Crippen molar-refractivity contribution in [2.75, 3.05) is 5.32 Å². The van der Waals surface area contributed by atoms with Crippen LogP contribution in [0.4, 0.5) is 5.82 Å². The lowest BCUT2D eigenvalue weighted by Gasteiger charge is -2.31. The fourth-order valence-electron chi connectivity index (χ4n) is 2.69. The molecule has 0 radical (unpaired) electrons. The first-order chi connectivity index (χ1) is 9.02. The Kier molecular flexibility index (Phi) is 4.24. The second-order valence-corrected chi connectivity index (χ2v) is 5.51. The summed E-state index contributed by atoms with van der Waals surface area (Å²) in [5, 5.41) is 17.5. The number of carbonyl (C=O) groups is 1. The number of aromatic nitrogens is 2. The van der Waals surface area contributed by atoms with Gasteiger partial charge in [-0.3, -0.25) is 9.48 Å². The summed E-state index contributed by atoms with van der Waals surface area (Å²) in [5.74, 6) is 0.566. The molecule has 1 amide bonds. The standard InChI is InChI=1S/C14H23N3O2/c1-3-11-9-12(17(2)16-11)15-13(18)10-14(19)7-5-4-6-8-14/h9,19H,3-8,10H2,1-2H3,(H,15,18). The molecule has 0 bridgehead atoms. The molecule has 106 valence electrons. The molecule has 2 rings (SSSR count). The average Bonchev–Trinajstić information content (AvgIpc) is 2.70. The summed E-state index contributed by atoms with van der Waals surface area (Å²) in [7, 11) is 1.81. The van der Waals surface area contributed by atoms with Gasteiger partial charge < -0.3 is 10.4 Å². The van der Waals surface area contributed by atoms with Gasteiger partial charge in [-0.25, -0.2) is 0 Å². The highest BCUT2D eigenvalue weighted by molar-refractivity contribution is 5.90. The Bertz CT molecular complexity index is 448. The van der Waals surface area contributed by atoms with Crippen LogP contribution < -0.4 is 5.32 Å². The molecule has 1 saturated carbocycles. The Morgan fingerprint density at radius 3 is 2.74 bits per heavy atom. The summed E-state index contributed by atoms with van der Waals surface area (Å²) < 4.78 is 1.67. The topological polar surface area (TPSA) is 67.2 Å². The van der Waals surface area contributed by atoms with E-state index in [1.165, 1.54) is 0 Å². The summed E-state index contributed by atoms with van der Waals surface area (Å²) >= 11 is 0. The summed E-state index contributed by atoms with van der Waals surface area (Å²) in [6, 6.07) is 1.88. The monoisotopic (exact) mass is 265 g/mol. The maximum Gasteiger partial charge on any atom is 0.228 e. The van der Waals surface area contributed by atoms with Crippen LogP contribution in [0, 0.1) is 0 Å². The van der Waals surface area contributed by atoms with Gasteiger partial charge >= 0.3 is 0 Å². The minimum atomic E-state index is -0.811. The molecular weight excluding hydrogens is 242 g/mol. The number of anilines is 1. The van der Waals surface area contributed by atoms with Gasteiger partial charge in [-0.1, -0.05) is 26.2 Å². The zero-order valence-electron chi connectivity index (χ0n) is 11.8. The van der Waals surface area contributed by atoms with Crippen molar-refractivity contribution >= 4 is 11.7 Å². The quantitative estimate of drug-likeness (QED) is 0.875. The summed E-state index contributed by atoms with van der Waals surface area (Å²) in [6.45, 7) is 2.03. The molecule has 1 aromatic heterocycles. The van der Waals surface area contributed by atoms with Gasteiger partial charge in [-0.15, -0.1) is 0 Å². The molecule has 0 aromatic carbocycles. The number of hydrogen-bond acceptors (Lipinski definition) is 3. The normalized spacial score (nSPS) is 18.3. The molecule has 0 saturated heterocycles. The first-order valence-electron chi connectivity index (χ1n) is 7.07. The van der Waals surface area contributed by atoms with Gasteiger partial charge in [0.2, 0.25) is 5.91 Å². The van der Waals surface area contributed by atoms with E-state index in [0.29, 0.717) is 5.82 Å². The van der Waals surface area contributed by atoms with Crippen molar-refractivity contribution in [2.24, 2.45) is 7.05 Å². The van der Waals surface area contributed by atoms with Crippen LogP contribution in [0.25, 0.3) is 0 Å². The molecule has 5 nitrogen and oxygen atoms in total. The van der Waals surface area contributed by atoms with Crippen LogP contribution in [0.5, 0.6) is 0 Å². The van der Waals surface area contributed by atoms with Crippen molar-refractivity contribution in [2.45, 2.75) is 57.5 Å². The third kappa shape index (κ3) is 3.56. The third-order valence-corrected chi connectivity index (χ3v) is 3.83. The Morgan fingerprint density at radius 2 is 2.16 bits per heavy atom. The van der Waals surface area contributed by atoms with Gasteiger partial charge in [-0.05, 0) is 19.3 Å². The van der Waals surface area contributed by atoms with Gasteiger partial charge in [0.05, 0.1) is 17.7 Å². The molecule has 2 N–H and O–H groups in total. The second kappa shape index (κ2) is 5.74. The predicted molar refractivity (Wildman–Crippen MR) is 73.9 cm³/mol. The maximum absolute atomic E-state index is 12.0. The molecular formula is C14H23N3O2. The SMILES string of the molecule is CCc1cc(NC(=O)CC2(O)CCCCC2)n(C)n1. The minimum Gasteiger partial charge on any atom is -0.389 e. The zero-order valence-corrected chi connectivity index (χ0v) is 11.8. The number of aliphatic hydroxyl groups is 1. The lowest BCUT2D eigenvalue weighted by atomic mass is 9.82. The van der Waals surface area contributed by atoms with Crippen LogP contribution in [0.3, 0.4) is 0 Å². The third-order valence-electron chi connectivity index (χ3n) is 3.83. The first kappa shape index (κ1) is 14.1. The number of aryl methyl sites for hydroxylation is 2. The van der Waals surface area contributed by atoms with Gasteiger partial charge in [0.1, 0.15) is 5.82 Å². The summed E-state index contributed by atoms with van der Waals surface area (Å²) in [6.07, 6.45) is 5.65. The van der Waals surface area contributed by atoms with E-state index in [1.54, 1.807) is 4.68 Å². The van der Waals surface area contributed by atoms with E-state index in [-0.39, 0.29) is 12.3 Å². The van der Waals surface area contributed by atoms with Crippen LogP contribution in [-0.2, 0) is 18.3 Å². The fraction of sp³-hybridized carbons (Fsp3) is 0.714. The Hall–Kier alpha value is -1.36. The van der Waals surface area contributed by atoms with E-state index in [1.807, 2.05) is 20.0 Å². The molecule has 1 fully saturated rings. The van der Waals surface area contributed by atoms with Crippen molar-refractivity contribution in [3.63, 3.8) is 0 Å². The number of carbonyl (C=O) groups excluding carboxylic acids is 1. The molecule has 1 heterocycles. The molecule has 0 aliphatic heterocycles. The lowest BCUT2D eigenvalue weighted by Crippen LogP contribution is -2.36. The molecule has 1 aliphatic carbocycles. The van der Waals surface area contributed by atoms with E-state index in [2.05, 4.69) is 10.4 Å². The molecule has 0 atom stereocenters. The number of hydrogen-bond donors (Lipinski definition) is 2. The molecule has 5 heteroatoms. The number of amides is 1. The van der Waals surface area contributed by atoms with Crippen molar-refractivity contribution in [1.82, 2.24) is 9.78 Å². The van der Waals surface area contributed by atoms with E-state index in [4.69, 9.17) is 0 Å². The number of rotatable bonds is 4. The number of nitrogens with one attached hydrogen (secondary N) is 1. The largest absolute Gasteiger partial charge is 0.389 e. The van der Waals surface area contributed by atoms with E-state index in [9.17, 15) is 9.90 Å². The van der Waals surface area contributed by atoms with Crippen LogP contribution in [0.1, 0.15) is 51.1 Å². The Labute approximate surface area is 114 Å². The number of nitrogens with zero attached hydrogens (tertiary/aromatic N) is 2. The van der Waals surface area contributed by atoms with Gasteiger partial charge in [0, 0.05) is 13.1 Å². The molecule has 19 heavy (non-hydrogen) atoms. The highest BCUT2D eigenvalue weighted by atomic mass is 16.3. The summed E-state index contributed by atoms with van der Waals surface area (Å²) in [5.41, 5.74) is 0.142. The minimum absolute atomic E-state index is 0.130. The van der Waals surface area contributed by atoms with E-state index < -0.39 is 5.60 Å². The lowest BCUT2D eigenvalue weighted by molar-refractivity contribution is -0.122. The van der Waals surface area contributed by atoms with Crippen molar-refractivity contribution in [3.05, 3.63) is 11.8 Å². The van der Waals surface area contributed by atoms with E-state index in [0.717, 1.165) is 44.2 Å². The first-order valence-corrected chi connectivity index (χ1v) is 7.07. The molecule has 1 aliphatic rings. The molecule has 0 unspecified atom stereocenters. The van der Waals surface area contributed by atoms with Crippen LogP contribution in [-0.4, -0.2) is 26.4 Å². The average molecular weight is 265 g/mol. The smallest absolute Gasteiger partial charge is 0.228 e.